The molecule has 0 radical (unpaired) electrons. The van der Waals surface area contributed by atoms with E-state index in [0.717, 1.165) is 27.0 Å². The monoisotopic (exact) mass is 409 g/mol. The lowest BCUT2D eigenvalue weighted by molar-refractivity contribution is 0.333. The maximum atomic E-state index is 5.72. The van der Waals surface area contributed by atoms with E-state index in [9.17, 15) is 0 Å². The topological polar surface area (TPSA) is 21.3 Å². The summed E-state index contributed by atoms with van der Waals surface area (Å²) in [5.74, 6) is 3.24. The number of benzene rings is 1. The first-order chi connectivity index (χ1) is 9.08. The molecule has 0 bridgehead atoms. The fourth-order valence-corrected chi connectivity index (χ4v) is 3.82. The molecule has 0 saturated carbocycles. The van der Waals surface area contributed by atoms with Crippen LogP contribution < -0.4 is 10.1 Å². The van der Waals surface area contributed by atoms with Crippen molar-refractivity contribution in [3.63, 3.8) is 0 Å². The molecule has 0 fully saturated rings. The third-order valence-electron chi connectivity index (χ3n) is 2.59. The van der Waals surface area contributed by atoms with Crippen molar-refractivity contribution in [2.75, 3.05) is 18.1 Å². The summed E-state index contributed by atoms with van der Waals surface area (Å²) in [5, 5.41) is 3.54. The van der Waals surface area contributed by atoms with Crippen LogP contribution in [-0.4, -0.2) is 24.2 Å². The fourth-order valence-electron chi connectivity index (χ4n) is 1.69. The van der Waals surface area contributed by atoms with E-state index in [1.54, 1.807) is 0 Å². The lowest BCUT2D eigenvalue weighted by atomic mass is 10.2. The van der Waals surface area contributed by atoms with E-state index in [1.165, 1.54) is 11.3 Å². The van der Waals surface area contributed by atoms with Crippen LogP contribution >= 0.6 is 43.6 Å². The molecule has 0 aliphatic rings. The molecule has 0 heterocycles. The highest BCUT2D eigenvalue weighted by molar-refractivity contribution is 9.11. The molecule has 1 rings (SSSR count). The van der Waals surface area contributed by atoms with Crippen LogP contribution in [0.15, 0.2) is 21.1 Å². The van der Waals surface area contributed by atoms with Crippen molar-refractivity contribution in [2.45, 2.75) is 33.4 Å². The van der Waals surface area contributed by atoms with Crippen LogP contribution in [0.1, 0.15) is 26.3 Å². The van der Waals surface area contributed by atoms with E-state index in [0.29, 0.717) is 12.6 Å². The highest BCUT2D eigenvalue weighted by atomic mass is 79.9. The van der Waals surface area contributed by atoms with Gasteiger partial charge in [0.05, 0.1) is 11.1 Å². The Morgan fingerprint density at radius 3 is 2.68 bits per heavy atom. The number of halogens is 2. The van der Waals surface area contributed by atoms with E-state index in [4.69, 9.17) is 4.74 Å². The Kier molecular flexibility index (Phi) is 8.46. The molecular weight excluding hydrogens is 390 g/mol. The first-order valence-electron chi connectivity index (χ1n) is 6.50. The van der Waals surface area contributed by atoms with Gasteiger partial charge in [-0.05, 0) is 47.7 Å². The van der Waals surface area contributed by atoms with Crippen LogP contribution in [0.25, 0.3) is 0 Å². The fraction of sp³-hybridized carbons (Fsp3) is 0.571. The van der Waals surface area contributed by atoms with Crippen molar-refractivity contribution in [2.24, 2.45) is 0 Å². The Morgan fingerprint density at radius 1 is 1.32 bits per heavy atom. The predicted octanol–water partition coefficient (Wildman–Crippen LogP) is 4.84. The summed E-state index contributed by atoms with van der Waals surface area (Å²) in [6.45, 7) is 7.91. The van der Waals surface area contributed by atoms with Gasteiger partial charge in [0, 0.05) is 28.4 Å². The molecule has 0 saturated heterocycles. The van der Waals surface area contributed by atoms with Gasteiger partial charge in [0.2, 0.25) is 0 Å². The van der Waals surface area contributed by atoms with Gasteiger partial charge in [-0.25, -0.2) is 0 Å². The van der Waals surface area contributed by atoms with Crippen molar-refractivity contribution in [1.29, 1.82) is 0 Å². The van der Waals surface area contributed by atoms with Gasteiger partial charge in [-0.2, -0.15) is 11.8 Å². The molecule has 0 amide bonds. The first kappa shape index (κ1) is 17.3. The smallest absolute Gasteiger partial charge is 0.138 e. The Bertz CT molecular complexity index is 401. The van der Waals surface area contributed by atoms with Crippen LogP contribution in [0.2, 0.25) is 0 Å². The van der Waals surface area contributed by atoms with Gasteiger partial charge in [0.1, 0.15) is 5.75 Å². The van der Waals surface area contributed by atoms with E-state index in [1.807, 2.05) is 24.8 Å². The average Bonchev–Trinajstić information content (AvgIpc) is 2.37. The van der Waals surface area contributed by atoms with E-state index in [-0.39, 0.29) is 0 Å². The molecule has 0 spiro atoms. The third-order valence-corrected chi connectivity index (χ3v) is 4.78. The molecule has 5 heteroatoms. The van der Waals surface area contributed by atoms with Gasteiger partial charge >= 0.3 is 0 Å². The van der Waals surface area contributed by atoms with Gasteiger partial charge in [-0.3, -0.25) is 0 Å². The van der Waals surface area contributed by atoms with Crippen molar-refractivity contribution >= 4 is 43.6 Å². The largest absolute Gasteiger partial charge is 0.492 e. The second-order valence-corrected chi connectivity index (χ2v) is 7.34. The summed E-state index contributed by atoms with van der Waals surface area (Å²) < 4.78 is 7.78. The highest BCUT2D eigenvalue weighted by Gasteiger charge is 2.11. The third kappa shape index (κ3) is 6.06. The second kappa shape index (κ2) is 9.27. The lowest BCUT2D eigenvalue weighted by Crippen LogP contribution is -2.28. The number of rotatable bonds is 8. The molecular formula is C14H21Br2NOS. The van der Waals surface area contributed by atoms with E-state index in [2.05, 4.69) is 57.1 Å². The summed E-state index contributed by atoms with van der Waals surface area (Å²) in [5.41, 5.74) is 1.18. The number of hydrogen-bond acceptors (Lipinski definition) is 3. The molecule has 19 heavy (non-hydrogen) atoms. The zero-order chi connectivity index (χ0) is 14.3. The number of thioether (sulfide) groups is 1. The Labute approximate surface area is 137 Å². The molecule has 1 aromatic carbocycles. The van der Waals surface area contributed by atoms with Crippen molar-refractivity contribution in [3.05, 3.63) is 26.6 Å². The SMILES string of the molecule is CCOc1c(Br)cc(Br)cc1CNC(C)CSCC. The molecule has 0 aliphatic heterocycles. The van der Waals surface area contributed by atoms with Crippen LogP contribution in [-0.2, 0) is 6.54 Å². The summed E-state index contributed by atoms with van der Waals surface area (Å²) in [6, 6.07) is 4.63. The molecule has 1 aromatic rings. The Hall–Kier alpha value is 0.290. The van der Waals surface area contributed by atoms with Gasteiger partial charge in [0.25, 0.3) is 0 Å². The normalized spacial score (nSPS) is 12.5. The lowest BCUT2D eigenvalue weighted by Gasteiger charge is -2.17. The predicted molar refractivity (Wildman–Crippen MR) is 92.3 cm³/mol. The van der Waals surface area contributed by atoms with Crippen LogP contribution in [0.4, 0.5) is 0 Å². The minimum Gasteiger partial charge on any atom is -0.492 e. The zero-order valence-corrected chi connectivity index (χ0v) is 15.6. The van der Waals surface area contributed by atoms with Crippen molar-refractivity contribution < 1.29 is 4.74 Å². The molecule has 1 N–H and O–H groups in total. The molecule has 1 unspecified atom stereocenters. The minimum atomic E-state index is 0.497. The van der Waals surface area contributed by atoms with Gasteiger partial charge in [0.15, 0.2) is 0 Å². The van der Waals surface area contributed by atoms with Crippen LogP contribution in [0.5, 0.6) is 5.75 Å². The molecule has 2 nitrogen and oxygen atoms in total. The highest BCUT2D eigenvalue weighted by Crippen LogP contribution is 2.33. The van der Waals surface area contributed by atoms with Crippen molar-refractivity contribution in [1.82, 2.24) is 5.32 Å². The molecule has 1 atom stereocenters. The quantitative estimate of drug-likeness (QED) is 0.662. The number of ether oxygens (including phenoxy) is 1. The summed E-state index contributed by atoms with van der Waals surface area (Å²) in [6.07, 6.45) is 0. The Balaban J connectivity index is 2.70. The first-order valence-corrected chi connectivity index (χ1v) is 9.24. The average molecular weight is 411 g/mol. The Morgan fingerprint density at radius 2 is 2.05 bits per heavy atom. The van der Waals surface area contributed by atoms with Gasteiger partial charge < -0.3 is 10.1 Å². The number of nitrogens with one attached hydrogen (secondary N) is 1. The molecule has 0 aliphatic carbocycles. The maximum Gasteiger partial charge on any atom is 0.138 e. The standard InChI is InChI=1S/C14H21Br2NOS/c1-4-18-14-11(6-12(15)7-13(14)16)8-17-10(3)9-19-5-2/h6-7,10,17H,4-5,8-9H2,1-3H3. The summed E-state index contributed by atoms with van der Waals surface area (Å²) in [4.78, 5) is 0. The molecule has 0 aromatic heterocycles. The van der Waals surface area contributed by atoms with Crippen LogP contribution in [0, 0.1) is 0 Å². The van der Waals surface area contributed by atoms with E-state index >= 15 is 0 Å². The number of hydrogen-bond donors (Lipinski definition) is 1. The van der Waals surface area contributed by atoms with Gasteiger partial charge in [-0.1, -0.05) is 22.9 Å². The van der Waals surface area contributed by atoms with Gasteiger partial charge in [-0.15, -0.1) is 0 Å². The van der Waals surface area contributed by atoms with Crippen LogP contribution in [0.3, 0.4) is 0 Å². The summed E-state index contributed by atoms with van der Waals surface area (Å²) in [7, 11) is 0. The van der Waals surface area contributed by atoms with Crippen molar-refractivity contribution in [3.8, 4) is 5.75 Å². The zero-order valence-electron chi connectivity index (χ0n) is 11.6. The minimum absolute atomic E-state index is 0.497. The maximum absolute atomic E-state index is 5.72. The second-order valence-electron chi connectivity index (χ2n) is 4.25. The van der Waals surface area contributed by atoms with E-state index < -0.39 is 0 Å². The molecule has 108 valence electrons. The summed E-state index contributed by atoms with van der Waals surface area (Å²) >= 11 is 9.05.